The van der Waals surface area contributed by atoms with Crippen molar-refractivity contribution in [2.45, 2.75) is 101 Å². The van der Waals surface area contributed by atoms with Crippen molar-refractivity contribution in [2.24, 2.45) is 0 Å². The number of ether oxygens (including phenoxy) is 2. The number of fused-ring (bicyclic) bond motifs is 2. The maximum atomic E-state index is 13.9. The van der Waals surface area contributed by atoms with Crippen LogP contribution in [0.3, 0.4) is 0 Å². The number of H-pyrrole nitrogens is 2. The van der Waals surface area contributed by atoms with Crippen molar-refractivity contribution >= 4 is 88.3 Å². The van der Waals surface area contributed by atoms with Crippen LogP contribution in [0.1, 0.15) is 130 Å². The quantitative estimate of drug-likeness (QED) is 0.0334. The number of nitrogen functional groups attached to an aromatic ring is 2. The average Bonchev–Trinajstić information content (AvgIpc) is 2.77. The molecule has 4 amide bonds. The zero-order chi connectivity index (χ0) is 60.0. The molecule has 83 heavy (non-hydrogen) atoms. The number of halogens is 2. The van der Waals surface area contributed by atoms with Gasteiger partial charge in [0.1, 0.15) is 27.6 Å². The second kappa shape index (κ2) is 26.5. The van der Waals surface area contributed by atoms with E-state index in [1.54, 1.807) is 39.6 Å². The number of rotatable bonds is 16. The predicted molar refractivity (Wildman–Crippen MR) is 319 cm³/mol. The Kier molecular flexibility index (Phi) is 19.5. The number of nitrogens with two attached hydrogens (primary N) is 2. The van der Waals surface area contributed by atoms with Crippen molar-refractivity contribution in [1.29, 1.82) is 0 Å². The number of hydrogen-bond acceptors (Lipinski definition) is 17. The Morgan fingerprint density at radius 2 is 1.11 bits per heavy atom. The molecule has 6 aromatic heterocycles. The van der Waals surface area contributed by atoms with E-state index >= 15 is 0 Å². The second-order valence-electron chi connectivity index (χ2n) is 21.0. The van der Waals surface area contributed by atoms with Crippen molar-refractivity contribution in [2.75, 3.05) is 87.8 Å². The van der Waals surface area contributed by atoms with Crippen LogP contribution in [-0.4, -0.2) is 146 Å². The molecule has 25 heteroatoms. The summed E-state index contributed by atoms with van der Waals surface area (Å²) >= 11 is 12.6. The van der Waals surface area contributed by atoms with Crippen LogP contribution < -0.4 is 41.4 Å². The average molecular weight is 1180 g/mol. The Morgan fingerprint density at radius 1 is 0.651 bits per heavy atom. The van der Waals surface area contributed by atoms with Gasteiger partial charge in [-0.1, -0.05) is 23.2 Å². The van der Waals surface area contributed by atoms with Crippen LogP contribution in [0.5, 0.6) is 11.5 Å². The number of aromatic amines is 2. The maximum Gasteiger partial charge on any atom is 0.260 e. The number of anilines is 4. The van der Waals surface area contributed by atoms with E-state index < -0.39 is 0 Å². The third-order valence-corrected chi connectivity index (χ3v) is 16.0. The van der Waals surface area contributed by atoms with Gasteiger partial charge in [-0.05, 0) is 124 Å². The summed E-state index contributed by atoms with van der Waals surface area (Å²) in [6.07, 6.45) is 11.0. The van der Waals surface area contributed by atoms with Crippen LogP contribution in [0.25, 0.3) is 11.6 Å². The Hall–Kier alpha value is -7.99. The van der Waals surface area contributed by atoms with Gasteiger partial charge in [0.2, 0.25) is 17.8 Å². The molecular weight excluding hydrogens is 1100 g/mol. The van der Waals surface area contributed by atoms with Gasteiger partial charge in [0, 0.05) is 83.5 Å². The van der Waals surface area contributed by atoms with Crippen molar-refractivity contribution in [3.8, 4) is 11.5 Å². The number of aldehydes is 1. The Bertz CT molecular complexity index is 3510. The molecule has 2 fully saturated rings. The summed E-state index contributed by atoms with van der Waals surface area (Å²) in [5, 5.41) is 6.25. The van der Waals surface area contributed by atoms with E-state index in [2.05, 4.69) is 60.3 Å². The monoisotopic (exact) mass is 1170 g/mol. The smallest absolute Gasteiger partial charge is 0.260 e. The minimum atomic E-state index is -0.328. The third kappa shape index (κ3) is 13.3. The van der Waals surface area contributed by atoms with Crippen LogP contribution in [0, 0.1) is 55.4 Å². The first kappa shape index (κ1) is 61.1. The molecular formula is C58H72Cl2N16O7. The number of nitrogens with zero attached hydrogens (tertiary/aromatic N) is 10. The fourth-order valence-corrected chi connectivity index (χ4v) is 11.6. The van der Waals surface area contributed by atoms with Gasteiger partial charge in [-0.2, -0.15) is 9.97 Å². The standard InChI is InChI=1S/C29H35ClN8O3.C15H16ClN5O2.C14H21N3O2/c1-15-13-33-21(17(3)24(15)41-5)14-38-26-23(25(30)35-29(31)36-26)19(28(38)40)12-20-16(2)22(18(4)34-20)27(39)32-8-11-37-9-6-7-10-37;1-7-5-18-10(8(2)12(7)23-3)6-21-11(22)4-9-13(16)19-15(17)20-14(9)21;1-10-12(9-18)16-11(2)13(10)14(19)15-5-8-17-6-3-4-7-17/h12-13,34H,6-11,14H2,1-5H3,(H,32,39)(H2,31,35,36);5H,4,6H2,1-3H3,(H2,17,19,20);9,16H,3-8H2,1-2H3,(H,15,19)/b19-12-;;. The topological polar surface area (TPSA) is 302 Å². The molecule has 8 N–H and O–H groups in total. The maximum absolute atomic E-state index is 13.9. The molecule has 0 radical (unpaired) electrons. The highest BCUT2D eigenvalue weighted by molar-refractivity contribution is 6.41. The summed E-state index contributed by atoms with van der Waals surface area (Å²) in [6.45, 7) is 22.7. The Morgan fingerprint density at radius 3 is 1.59 bits per heavy atom. The summed E-state index contributed by atoms with van der Waals surface area (Å²) in [5.74, 6) is 1.55. The highest BCUT2D eigenvalue weighted by Gasteiger charge is 2.38. The van der Waals surface area contributed by atoms with Crippen LogP contribution in [0.4, 0.5) is 23.5 Å². The molecule has 0 spiro atoms. The molecule has 6 aromatic rings. The lowest BCUT2D eigenvalue weighted by molar-refractivity contribution is -0.117. The van der Waals surface area contributed by atoms with Gasteiger partial charge in [-0.3, -0.25) is 43.7 Å². The normalized spacial score (nSPS) is 15.3. The second-order valence-corrected chi connectivity index (χ2v) is 21.7. The Labute approximate surface area is 492 Å². The first-order valence-electron chi connectivity index (χ1n) is 27.5. The van der Waals surface area contributed by atoms with E-state index in [4.69, 9.17) is 44.1 Å². The minimum absolute atomic E-state index is 0.0413. The van der Waals surface area contributed by atoms with Gasteiger partial charge >= 0.3 is 0 Å². The highest BCUT2D eigenvalue weighted by atomic mass is 35.5. The summed E-state index contributed by atoms with van der Waals surface area (Å²) in [6, 6.07) is 0. The first-order valence-corrected chi connectivity index (χ1v) is 28.2. The molecule has 4 aliphatic heterocycles. The fourth-order valence-electron chi connectivity index (χ4n) is 11.1. The van der Waals surface area contributed by atoms with Crippen LogP contribution in [-0.2, 0) is 29.1 Å². The lowest BCUT2D eigenvalue weighted by Gasteiger charge is -2.19. The number of aryl methyl sites for hydroxylation is 4. The van der Waals surface area contributed by atoms with Gasteiger partial charge in [-0.15, -0.1) is 0 Å². The van der Waals surface area contributed by atoms with Crippen molar-refractivity contribution in [3.05, 3.63) is 112 Å². The molecule has 0 saturated carbocycles. The molecule has 0 aromatic carbocycles. The number of pyridine rings is 2. The number of likely N-dealkylation sites (tertiary alicyclic amines) is 2. The summed E-state index contributed by atoms with van der Waals surface area (Å²) < 4.78 is 11.0. The molecule has 10 rings (SSSR count). The molecule has 0 bridgehead atoms. The van der Waals surface area contributed by atoms with E-state index in [1.165, 1.54) is 35.5 Å². The molecule has 10 heterocycles. The van der Waals surface area contributed by atoms with Crippen molar-refractivity contribution in [1.82, 2.24) is 60.3 Å². The zero-order valence-corrected chi connectivity index (χ0v) is 50.2. The van der Waals surface area contributed by atoms with Gasteiger partial charge in [-0.25, -0.2) is 9.97 Å². The van der Waals surface area contributed by atoms with Gasteiger partial charge in [0.25, 0.3) is 17.7 Å². The Balaban J connectivity index is 0.000000180. The van der Waals surface area contributed by atoms with E-state index in [-0.39, 0.29) is 65.3 Å². The number of aromatic nitrogens is 8. The van der Waals surface area contributed by atoms with Crippen LogP contribution in [0.2, 0.25) is 10.3 Å². The van der Waals surface area contributed by atoms with Crippen LogP contribution in [0.15, 0.2) is 12.4 Å². The zero-order valence-electron chi connectivity index (χ0n) is 48.7. The number of carbonyl (C=O) groups is 5. The predicted octanol–water partition coefficient (Wildman–Crippen LogP) is 6.68. The molecule has 0 aliphatic carbocycles. The summed E-state index contributed by atoms with van der Waals surface area (Å²) in [7, 11) is 3.22. The lowest BCUT2D eigenvalue weighted by atomic mass is 10.1. The summed E-state index contributed by atoms with van der Waals surface area (Å²) in [4.78, 5) is 102. The van der Waals surface area contributed by atoms with Crippen molar-refractivity contribution in [3.63, 3.8) is 0 Å². The molecule has 23 nitrogen and oxygen atoms in total. The number of hydrogen-bond donors (Lipinski definition) is 6. The van der Waals surface area contributed by atoms with E-state index in [1.807, 2.05) is 48.5 Å². The van der Waals surface area contributed by atoms with Crippen molar-refractivity contribution < 1.29 is 33.4 Å². The van der Waals surface area contributed by atoms with E-state index in [0.29, 0.717) is 81.1 Å². The first-order chi connectivity index (χ1) is 39.6. The summed E-state index contributed by atoms with van der Waals surface area (Å²) in [5.41, 5.74) is 23.0. The van der Waals surface area contributed by atoms with E-state index in [9.17, 15) is 24.0 Å². The molecule has 0 atom stereocenters. The largest absolute Gasteiger partial charge is 0.496 e. The van der Waals surface area contributed by atoms with Gasteiger partial charge in [0.05, 0.1) is 73.1 Å². The highest BCUT2D eigenvalue weighted by Crippen LogP contribution is 2.42. The van der Waals surface area contributed by atoms with Crippen LogP contribution >= 0.6 is 23.2 Å². The number of carbonyl (C=O) groups excluding carboxylic acids is 5. The fraction of sp³-hybridized carbons (Fsp3) is 0.431. The minimum Gasteiger partial charge on any atom is -0.496 e. The van der Waals surface area contributed by atoms with E-state index in [0.717, 1.165) is 96.1 Å². The third-order valence-electron chi connectivity index (χ3n) is 15.5. The number of amides is 4. The SMILES string of the molecule is COc1c(C)cnc(CN2C(=O)/C(=C\c3[nH]c(C)c(C(=O)NCCN4CCCC4)c3C)c3c(Cl)nc(N)nc32)c1C.COc1c(C)cnc(CN2C(=O)Cc3c(Cl)nc(N)nc32)c1C.Cc1[nH]c(C=O)c(C)c1C(=O)NCCN1CCCC1. The molecule has 440 valence electrons. The molecule has 0 unspecified atom stereocenters. The molecule has 4 aliphatic rings. The molecule has 2 saturated heterocycles. The lowest BCUT2D eigenvalue weighted by Crippen LogP contribution is -2.33. The van der Waals surface area contributed by atoms with Gasteiger partial charge in [0.15, 0.2) is 12.1 Å². The number of nitrogens with one attached hydrogen (secondary N) is 4. The van der Waals surface area contributed by atoms with Gasteiger partial charge < -0.3 is 51.3 Å². The number of methoxy groups -OCH3 is 2.